The molecule has 0 saturated carbocycles. The molecule has 0 aliphatic carbocycles. The van der Waals surface area contributed by atoms with Crippen LogP contribution in [0.3, 0.4) is 0 Å². The topological polar surface area (TPSA) is 59.3 Å². The van der Waals surface area contributed by atoms with Gasteiger partial charge in [-0.2, -0.15) is 13.2 Å². The Kier molecular flexibility index (Phi) is 6.48. The van der Waals surface area contributed by atoms with Gasteiger partial charge < -0.3 is 9.67 Å². The number of rotatable bonds is 5. The highest BCUT2D eigenvalue weighted by atomic mass is 35.5. The summed E-state index contributed by atoms with van der Waals surface area (Å²) in [6, 6.07) is 10.4. The molecule has 3 rings (SSSR count). The van der Waals surface area contributed by atoms with Crippen LogP contribution >= 0.6 is 23.2 Å². The van der Waals surface area contributed by atoms with E-state index in [4.69, 9.17) is 23.2 Å². The summed E-state index contributed by atoms with van der Waals surface area (Å²) in [5.74, 6) is -1.42. The molecule has 0 atom stereocenters. The third-order valence-corrected chi connectivity index (χ3v) is 5.50. The lowest BCUT2D eigenvalue weighted by atomic mass is 10.0. The summed E-state index contributed by atoms with van der Waals surface area (Å²) in [7, 11) is 0. The summed E-state index contributed by atoms with van der Waals surface area (Å²) in [5, 5.41) is 10.1. The van der Waals surface area contributed by atoms with Crippen LogP contribution in [0.25, 0.3) is 11.3 Å². The molecule has 0 radical (unpaired) electrons. The molecule has 4 nitrogen and oxygen atoms in total. The van der Waals surface area contributed by atoms with E-state index in [2.05, 4.69) is 0 Å². The summed E-state index contributed by atoms with van der Waals surface area (Å²) in [5.41, 5.74) is -0.826. The van der Waals surface area contributed by atoms with E-state index in [0.29, 0.717) is 16.8 Å². The van der Waals surface area contributed by atoms with Crippen molar-refractivity contribution in [2.24, 2.45) is 0 Å². The molecule has 0 aliphatic rings. The lowest BCUT2D eigenvalue weighted by molar-refractivity contribution is -0.137. The van der Waals surface area contributed by atoms with Crippen molar-refractivity contribution in [1.29, 1.82) is 0 Å². The van der Waals surface area contributed by atoms with Crippen LogP contribution in [0.15, 0.2) is 53.3 Å². The summed E-state index contributed by atoms with van der Waals surface area (Å²) in [4.78, 5) is 24.5. The number of hydrogen-bond donors (Lipinski definition) is 1. The zero-order valence-corrected chi connectivity index (χ0v) is 17.6. The van der Waals surface area contributed by atoms with Crippen LogP contribution in [0.1, 0.15) is 34.1 Å². The monoisotopic (exact) mass is 469 g/mol. The molecule has 1 aromatic heterocycles. The SMILES string of the molecule is CCn1c(Cc2cccc(C(F)(F)F)c2)cc(=O)c(C(=O)O)c1-c1ccc(Cl)c(Cl)c1. The molecule has 162 valence electrons. The van der Waals surface area contributed by atoms with Gasteiger partial charge in [-0.3, -0.25) is 4.79 Å². The van der Waals surface area contributed by atoms with Gasteiger partial charge in [0.25, 0.3) is 0 Å². The van der Waals surface area contributed by atoms with E-state index in [-0.39, 0.29) is 28.7 Å². The summed E-state index contributed by atoms with van der Waals surface area (Å²) in [6.07, 6.45) is -4.50. The molecule has 3 aromatic rings. The molecule has 0 fully saturated rings. The van der Waals surface area contributed by atoms with Gasteiger partial charge >= 0.3 is 12.1 Å². The largest absolute Gasteiger partial charge is 0.477 e. The fourth-order valence-corrected chi connectivity index (χ4v) is 3.72. The van der Waals surface area contributed by atoms with Crippen LogP contribution < -0.4 is 5.43 Å². The van der Waals surface area contributed by atoms with Gasteiger partial charge in [0.15, 0.2) is 5.43 Å². The summed E-state index contributed by atoms with van der Waals surface area (Å²) in [6.45, 7) is 2.01. The number of carbonyl (C=O) groups is 1. The van der Waals surface area contributed by atoms with Gasteiger partial charge in [-0.05, 0) is 30.7 Å². The van der Waals surface area contributed by atoms with Gasteiger partial charge in [0, 0.05) is 30.3 Å². The molecule has 0 unspecified atom stereocenters. The van der Waals surface area contributed by atoms with E-state index in [9.17, 15) is 27.9 Å². The highest BCUT2D eigenvalue weighted by Gasteiger charge is 2.30. The first-order chi connectivity index (χ1) is 14.5. The quantitative estimate of drug-likeness (QED) is 0.487. The van der Waals surface area contributed by atoms with E-state index in [1.54, 1.807) is 11.5 Å². The first-order valence-corrected chi connectivity index (χ1v) is 9.90. The lowest BCUT2D eigenvalue weighted by Gasteiger charge is -2.20. The molecule has 1 N–H and O–H groups in total. The zero-order valence-electron chi connectivity index (χ0n) is 16.1. The molecule has 0 bridgehead atoms. The number of halogens is 5. The predicted molar refractivity (Wildman–Crippen MR) is 113 cm³/mol. The van der Waals surface area contributed by atoms with Crippen molar-refractivity contribution in [2.75, 3.05) is 0 Å². The van der Waals surface area contributed by atoms with Crippen molar-refractivity contribution in [3.63, 3.8) is 0 Å². The summed E-state index contributed by atoms with van der Waals surface area (Å²) < 4.78 is 40.8. The minimum Gasteiger partial charge on any atom is -0.477 e. The van der Waals surface area contributed by atoms with Crippen molar-refractivity contribution in [3.05, 3.63) is 91.2 Å². The first kappa shape index (κ1) is 22.9. The second kappa shape index (κ2) is 8.77. The number of pyridine rings is 1. The number of hydrogen-bond acceptors (Lipinski definition) is 2. The molecule has 0 amide bonds. The minimum atomic E-state index is -4.50. The average Bonchev–Trinajstić information content (AvgIpc) is 2.69. The molecule has 31 heavy (non-hydrogen) atoms. The Balaban J connectivity index is 2.24. The van der Waals surface area contributed by atoms with E-state index in [1.165, 1.54) is 30.3 Å². The molecule has 1 heterocycles. The second-order valence-corrected chi connectivity index (χ2v) is 7.59. The summed E-state index contributed by atoms with van der Waals surface area (Å²) >= 11 is 12.0. The van der Waals surface area contributed by atoms with Gasteiger partial charge in [-0.15, -0.1) is 0 Å². The first-order valence-electron chi connectivity index (χ1n) is 9.14. The van der Waals surface area contributed by atoms with Crippen LogP contribution in [0.4, 0.5) is 13.2 Å². The molecular formula is C22H16Cl2F3NO3. The molecule has 0 spiro atoms. The molecular weight excluding hydrogens is 454 g/mol. The number of nitrogens with zero attached hydrogens (tertiary/aromatic N) is 1. The zero-order chi connectivity index (χ0) is 22.9. The van der Waals surface area contributed by atoms with E-state index in [0.717, 1.165) is 18.2 Å². The van der Waals surface area contributed by atoms with Crippen LogP contribution in [-0.4, -0.2) is 15.6 Å². The van der Waals surface area contributed by atoms with E-state index >= 15 is 0 Å². The Bertz CT molecular complexity index is 1220. The van der Waals surface area contributed by atoms with E-state index in [1.807, 2.05) is 0 Å². The van der Waals surface area contributed by atoms with Crippen molar-refractivity contribution in [2.45, 2.75) is 26.1 Å². The number of benzene rings is 2. The highest BCUT2D eigenvalue weighted by Crippen LogP contribution is 2.32. The van der Waals surface area contributed by atoms with Crippen molar-refractivity contribution < 1.29 is 23.1 Å². The second-order valence-electron chi connectivity index (χ2n) is 6.78. The van der Waals surface area contributed by atoms with Crippen LogP contribution in [-0.2, 0) is 19.1 Å². The van der Waals surface area contributed by atoms with Gasteiger partial charge in [0.05, 0.1) is 21.3 Å². The highest BCUT2D eigenvalue weighted by molar-refractivity contribution is 6.42. The molecule has 2 aromatic carbocycles. The number of carboxylic acids is 1. The normalized spacial score (nSPS) is 11.5. The van der Waals surface area contributed by atoms with Crippen LogP contribution in [0.2, 0.25) is 10.0 Å². The molecule has 0 saturated heterocycles. The number of alkyl halides is 3. The molecule has 9 heteroatoms. The maximum absolute atomic E-state index is 13.1. The Labute approximate surface area is 185 Å². The number of aromatic nitrogens is 1. The Hall–Kier alpha value is -2.77. The maximum Gasteiger partial charge on any atom is 0.416 e. The van der Waals surface area contributed by atoms with E-state index < -0.39 is 28.7 Å². The average molecular weight is 470 g/mol. The third kappa shape index (κ3) is 4.78. The van der Waals surface area contributed by atoms with Gasteiger partial charge in [-0.1, -0.05) is 47.5 Å². The van der Waals surface area contributed by atoms with Crippen LogP contribution in [0, 0.1) is 0 Å². The predicted octanol–water partition coefficient (Wildman–Crippen LogP) is 6.15. The van der Waals surface area contributed by atoms with Crippen molar-refractivity contribution in [3.8, 4) is 11.3 Å². The van der Waals surface area contributed by atoms with Crippen molar-refractivity contribution in [1.82, 2.24) is 4.57 Å². The van der Waals surface area contributed by atoms with Gasteiger partial charge in [0.1, 0.15) is 5.56 Å². The van der Waals surface area contributed by atoms with Crippen LogP contribution in [0.5, 0.6) is 0 Å². The number of aromatic carboxylic acids is 1. The standard InChI is InChI=1S/C22H16Cl2F3NO3/c1-2-28-15(9-12-4-3-5-14(8-12)22(25,26)27)11-18(29)19(21(30)31)20(28)13-6-7-16(23)17(24)10-13/h3-8,10-11H,2,9H2,1H3,(H,30,31). The lowest BCUT2D eigenvalue weighted by Crippen LogP contribution is -2.23. The molecule has 0 aliphatic heterocycles. The third-order valence-electron chi connectivity index (χ3n) is 4.76. The number of carboxylic acid groups (broad SMARTS) is 1. The fraction of sp³-hybridized carbons (Fsp3) is 0.182. The fourth-order valence-electron chi connectivity index (χ4n) is 3.42. The maximum atomic E-state index is 13.1. The Morgan fingerprint density at radius 3 is 2.35 bits per heavy atom. The van der Waals surface area contributed by atoms with Crippen molar-refractivity contribution >= 4 is 29.2 Å². The van der Waals surface area contributed by atoms with Gasteiger partial charge in [-0.25, -0.2) is 4.79 Å². The Morgan fingerprint density at radius 2 is 1.77 bits per heavy atom. The van der Waals surface area contributed by atoms with Gasteiger partial charge in [0.2, 0.25) is 0 Å². The minimum absolute atomic E-state index is 0.00121. The Morgan fingerprint density at radius 1 is 1.06 bits per heavy atom. The smallest absolute Gasteiger partial charge is 0.416 e.